The van der Waals surface area contributed by atoms with Crippen molar-refractivity contribution in [3.05, 3.63) is 45.1 Å². The van der Waals surface area contributed by atoms with E-state index >= 15 is 0 Å². The molecule has 0 radical (unpaired) electrons. The molecule has 0 bridgehead atoms. The maximum Gasteiger partial charge on any atom is 0.227 e. The Hall–Kier alpha value is -2.03. The van der Waals surface area contributed by atoms with Gasteiger partial charge in [0.1, 0.15) is 0 Å². The van der Waals surface area contributed by atoms with E-state index in [9.17, 15) is 4.79 Å². The third-order valence-corrected chi connectivity index (χ3v) is 6.03. The van der Waals surface area contributed by atoms with Crippen LogP contribution in [0.15, 0.2) is 38.9 Å². The fourth-order valence-corrected chi connectivity index (χ4v) is 4.40. The van der Waals surface area contributed by atoms with E-state index in [0.717, 1.165) is 38.3 Å². The lowest BCUT2D eigenvalue weighted by atomic mass is 10.2. The Balaban J connectivity index is 1.23. The summed E-state index contributed by atoms with van der Waals surface area (Å²) in [5, 5.41) is 10.1. The zero-order valence-electron chi connectivity index (χ0n) is 14.3. The normalized spacial score (nSPS) is 15.5. The molecule has 1 amide bonds. The standard InChI is InChI=1S/C18H20N4O2S2/c23-17(4-3-16-19-18(20-24-16)14-5-11-25-13-14)22-8-6-21(7-9-22)12-15-2-1-10-26-15/h1-2,5,10-11,13H,3-4,6-9,12H2. The van der Waals surface area contributed by atoms with Gasteiger partial charge >= 0.3 is 0 Å². The third kappa shape index (κ3) is 4.20. The molecule has 0 N–H and O–H groups in total. The van der Waals surface area contributed by atoms with Gasteiger partial charge in [-0.3, -0.25) is 9.69 Å². The van der Waals surface area contributed by atoms with Gasteiger partial charge in [-0.2, -0.15) is 16.3 Å². The minimum absolute atomic E-state index is 0.163. The largest absolute Gasteiger partial charge is 0.340 e. The van der Waals surface area contributed by atoms with E-state index in [1.54, 1.807) is 22.7 Å². The highest BCUT2D eigenvalue weighted by Gasteiger charge is 2.21. The Morgan fingerprint density at radius 1 is 1.19 bits per heavy atom. The molecule has 1 aliphatic rings. The summed E-state index contributed by atoms with van der Waals surface area (Å²) in [6, 6.07) is 6.21. The van der Waals surface area contributed by atoms with E-state index in [-0.39, 0.29) is 5.91 Å². The van der Waals surface area contributed by atoms with Gasteiger partial charge in [-0.05, 0) is 22.9 Å². The summed E-state index contributed by atoms with van der Waals surface area (Å²) in [6.45, 7) is 4.40. The number of carbonyl (C=O) groups excluding carboxylic acids is 1. The summed E-state index contributed by atoms with van der Waals surface area (Å²) in [6.07, 6.45) is 0.904. The number of rotatable bonds is 6. The molecule has 0 saturated carbocycles. The van der Waals surface area contributed by atoms with Crippen molar-refractivity contribution < 1.29 is 9.32 Å². The second-order valence-electron chi connectivity index (χ2n) is 6.26. The average Bonchev–Trinajstić information content (AvgIpc) is 3.41. The number of aryl methyl sites for hydroxylation is 1. The van der Waals surface area contributed by atoms with Crippen LogP contribution in [0.3, 0.4) is 0 Å². The van der Waals surface area contributed by atoms with Crippen LogP contribution in [-0.2, 0) is 17.8 Å². The molecule has 0 atom stereocenters. The van der Waals surface area contributed by atoms with Crippen LogP contribution in [-0.4, -0.2) is 52.0 Å². The van der Waals surface area contributed by atoms with E-state index in [1.807, 2.05) is 21.7 Å². The molecule has 0 spiro atoms. The van der Waals surface area contributed by atoms with Crippen molar-refractivity contribution in [3.8, 4) is 11.4 Å². The summed E-state index contributed by atoms with van der Waals surface area (Å²) in [5.74, 6) is 1.28. The summed E-state index contributed by atoms with van der Waals surface area (Å²) in [7, 11) is 0. The molecule has 1 saturated heterocycles. The molecule has 1 aliphatic heterocycles. The Morgan fingerprint density at radius 3 is 2.81 bits per heavy atom. The molecule has 4 rings (SSSR count). The van der Waals surface area contributed by atoms with Crippen molar-refractivity contribution in [2.75, 3.05) is 26.2 Å². The van der Waals surface area contributed by atoms with E-state index in [2.05, 4.69) is 32.6 Å². The molecule has 3 aromatic heterocycles. The van der Waals surface area contributed by atoms with Gasteiger partial charge in [0.2, 0.25) is 17.6 Å². The van der Waals surface area contributed by atoms with Gasteiger partial charge in [-0.15, -0.1) is 11.3 Å². The number of hydrogen-bond acceptors (Lipinski definition) is 7. The summed E-state index contributed by atoms with van der Waals surface area (Å²) in [5.41, 5.74) is 0.957. The number of aromatic nitrogens is 2. The molecule has 4 heterocycles. The topological polar surface area (TPSA) is 62.5 Å². The molecule has 0 aliphatic carbocycles. The monoisotopic (exact) mass is 388 g/mol. The highest BCUT2D eigenvalue weighted by Crippen LogP contribution is 2.19. The van der Waals surface area contributed by atoms with Crippen LogP contribution < -0.4 is 0 Å². The van der Waals surface area contributed by atoms with Crippen LogP contribution >= 0.6 is 22.7 Å². The molecule has 8 heteroatoms. The molecule has 136 valence electrons. The SMILES string of the molecule is O=C(CCc1nc(-c2ccsc2)no1)N1CCN(Cc2cccs2)CC1. The number of carbonyl (C=O) groups is 1. The Bertz CT molecular complexity index is 821. The first kappa shape index (κ1) is 17.4. The van der Waals surface area contributed by atoms with Gasteiger partial charge in [0.05, 0.1) is 0 Å². The fraction of sp³-hybridized carbons (Fsp3) is 0.389. The van der Waals surface area contributed by atoms with E-state index < -0.39 is 0 Å². The van der Waals surface area contributed by atoms with E-state index in [4.69, 9.17) is 4.52 Å². The first-order valence-electron chi connectivity index (χ1n) is 8.65. The van der Waals surface area contributed by atoms with Gasteiger partial charge in [-0.25, -0.2) is 0 Å². The Morgan fingerprint density at radius 2 is 2.08 bits per heavy atom. The second kappa shape index (κ2) is 8.11. The quantitative estimate of drug-likeness (QED) is 0.649. The minimum Gasteiger partial charge on any atom is -0.340 e. The Labute approximate surface area is 160 Å². The van der Waals surface area contributed by atoms with E-state index in [1.165, 1.54) is 4.88 Å². The lowest BCUT2D eigenvalue weighted by Gasteiger charge is -2.34. The molecule has 1 fully saturated rings. The molecule has 6 nitrogen and oxygen atoms in total. The summed E-state index contributed by atoms with van der Waals surface area (Å²) >= 11 is 3.38. The third-order valence-electron chi connectivity index (χ3n) is 4.48. The van der Waals surface area contributed by atoms with Crippen LogP contribution in [0.2, 0.25) is 0 Å². The summed E-state index contributed by atoms with van der Waals surface area (Å²) in [4.78, 5) is 22.6. The maximum absolute atomic E-state index is 12.5. The molecular formula is C18H20N4O2S2. The highest BCUT2D eigenvalue weighted by molar-refractivity contribution is 7.09. The zero-order chi connectivity index (χ0) is 17.8. The fourth-order valence-electron chi connectivity index (χ4n) is 3.02. The summed E-state index contributed by atoms with van der Waals surface area (Å²) < 4.78 is 5.27. The van der Waals surface area contributed by atoms with Crippen molar-refractivity contribution in [2.24, 2.45) is 0 Å². The molecule has 26 heavy (non-hydrogen) atoms. The van der Waals surface area contributed by atoms with Crippen LogP contribution in [0.25, 0.3) is 11.4 Å². The minimum atomic E-state index is 0.163. The van der Waals surface area contributed by atoms with Crippen molar-refractivity contribution in [1.82, 2.24) is 19.9 Å². The van der Waals surface area contributed by atoms with Crippen LogP contribution in [0, 0.1) is 0 Å². The lowest BCUT2D eigenvalue weighted by Crippen LogP contribution is -2.48. The maximum atomic E-state index is 12.5. The molecule has 3 aromatic rings. The average molecular weight is 389 g/mol. The second-order valence-corrected chi connectivity index (χ2v) is 8.07. The van der Waals surface area contributed by atoms with Gasteiger partial charge in [0, 0.05) is 61.4 Å². The molecule has 0 aromatic carbocycles. The first-order valence-corrected chi connectivity index (χ1v) is 10.5. The van der Waals surface area contributed by atoms with Gasteiger partial charge in [-0.1, -0.05) is 11.2 Å². The van der Waals surface area contributed by atoms with Crippen molar-refractivity contribution in [2.45, 2.75) is 19.4 Å². The predicted molar refractivity (Wildman–Crippen MR) is 102 cm³/mol. The van der Waals surface area contributed by atoms with Crippen molar-refractivity contribution >= 4 is 28.6 Å². The van der Waals surface area contributed by atoms with Crippen LogP contribution in [0.4, 0.5) is 0 Å². The van der Waals surface area contributed by atoms with Crippen LogP contribution in [0.1, 0.15) is 17.2 Å². The number of nitrogens with zero attached hydrogens (tertiary/aromatic N) is 4. The lowest BCUT2D eigenvalue weighted by molar-refractivity contribution is -0.133. The Kier molecular flexibility index (Phi) is 5.42. The van der Waals surface area contributed by atoms with Crippen LogP contribution in [0.5, 0.6) is 0 Å². The van der Waals surface area contributed by atoms with Gasteiger partial charge < -0.3 is 9.42 Å². The van der Waals surface area contributed by atoms with Crippen molar-refractivity contribution in [3.63, 3.8) is 0 Å². The number of thiophene rings is 2. The predicted octanol–water partition coefficient (Wildman–Crippen LogP) is 3.14. The van der Waals surface area contributed by atoms with Gasteiger partial charge in [0.15, 0.2) is 0 Å². The number of hydrogen-bond donors (Lipinski definition) is 0. The first-order chi connectivity index (χ1) is 12.8. The number of piperazine rings is 1. The molecule has 0 unspecified atom stereocenters. The van der Waals surface area contributed by atoms with Gasteiger partial charge in [0.25, 0.3) is 0 Å². The zero-order valence-corrected chi connectivity index (χ0v) is 16.0. The highest BCUT2D eigenvalue weighted by atomic mass is 32.1. The molecular weight excluding hydrogens is 368 g/mol. The smallest absolute Gasteiger partial charge is 0.227 e. The van der Waals surface area contributed by atoms with E-state index in [0.29, 0.717) is 24.6 Å². The number of amides is 1. The van der Waals surface area contributed by atoms with Crippen molar-refractivity contribution in [1.29, 1.82) is 0 Å².